The molecule has 1 aliphatic heterocycles. The lowest BCUT2D eigenvalue weighted by molar-refractivity contribution is -0.199. The van der Waals surface area contributed by atoms with Crippen molar-refractivity contribution in [3.8, 4) is 0 Å². The van der Waals surface area contributed by atoms with Crippen LogP contribution in [0.25, 0.3) is 0 Å². The zero-order valence-electron chi connectivity index (χ0n) is 12.3. The summed E-state index contributed by atoms with van der Waals surface area (Å²) in [5.74, 6) is -0.452. The molecular weight excluding hydrogens is 264 g/mol. The van der Waals surface area contributed by atoms with E-state index in [1.54, 1.807) is 12.2 Å². The van der Waals surface area contributed by atoms with Crippen molar-refractivity contribution in [2.45, 2.75) is 46.2 Å². The van der Waals surface area contributed by atoms with Crippen LogP contribution in [0.3, 0.4) is 0 Å². The summed E-state index contributed by atoms with van der Waals surface area (Å²) in [6.07, 6.45) is 1.73. The standard InChI is InChI=1S/C14H22O6/c1-9(2)7-18-14-6-5-12(19-11(4)16)13(20-14)8-17-10(3)15/h5-6,9,12-14H,7-8H2,1-4H3. The molecule has 0 N–H and O–H groups in total. The summed E-state index contributed by atoms with van der Waals surface area (Å²) in [6, 6.07) is 0. The molecule has 20 heavy (non-hydrogen) atoms. The van der Waals surface area contributed by atoms with Crippen LogP contribution in [0.4, 0.5) is 0 Å². The Morgan fingerprint density at radius 3 is 2.45 bits per heavy atom. The average molecular weight is 286 g/mol. The molecule has 0 amide bonds. The van der Waals surface area contributed by atoms with Crippen LogP contribution < -0.4 is 0 Å². The second kappa shape index (κ2) is 8.01. The van der Waals surface area contributed by atoms with Crippen LogP contribution in [-0.4, -0.2) is 43.7 Å². The van der Waals surface area contributed by atoms with Crippen molar-refractivity contribution in [1.29, 1.82) is 0 Å². The number of rotatable bonds is 6. The van der Waals surface area contributed by atoms with Crippen LogP contribution in [0, 0.1) is 5.92 Å². The van der Waals surface area contributed by atoms with Gasteiger partial charge in [0, 0.05) is 13.8 Å². The number of hydrogen-bond donors (Lipinski definition) is 0. The van der Waals surface area contributed by atoms with Crippen LogP contribution in [-0.2, 0) is 28.5 Å². The third-order valence-electron chi connectivity index (χ3n) is 2.48. The third-order valence-corrected chi connectivity index (χ3v) is 2.48. The van der Waals surface area contributed by atoms with E-state index in [0.29, 0.717) is 12.5 Å². The molecule has 3 atom stereocenters. The maximum absolute atomic E-state index is 11.0. The minimum atomic E-state index is -0.578. The molecule has 0 aromatic heterocycles. The molecule has 114 valence electrons. The Balaban J connectivity index is 2.61. The van der Waals surface area contributed by atoms with E-state index in [1.807, 2.05) is 13.8 Å². The van der Waals surface area contributed by atoms with Crippen LogP contribution in [0.15, 0.2) is 12.2 Å². The zero-order chi connectivity index (χ0) is 15.1. The molecule has 0 bridgehead atoms. The maximum atomic E-state index is 11.0. The van der Waals surface area contributed by atoms with E-state index in [1.165, 1.54) is 13.8 Å². The molecular formula is C14H22O6. The van der Waals surface area contributed by atoms with Gasteiger partial charge in [0.15, 0.2) is 6.29 Å². The average Bonchev–Trinajstić information content (AvgIpc) is 2.35. The van der Waals surface area contributed by atoms with Gasteiger partial charge < -0.3 is 18.9 Å². The first-order valence-corrected chi connectivity index (χ1v) is 6.64. The van der Waals surface area contributed by atoms with Crippen LogP contribution >= 0.6 is 0 Å². The lowest BCUT2D eigenvalue weighted by Crippen LogP contribution is -2.42. The largest absolute Gasteiger partial charge is 0.463 e. The second-order valence-corrected chi connectivity index (χ2v) is 5.03. The fourth-order valence-corrected chi connectivity index (χ4v) is 1.64. The maximum Gasteiger partial charge on any atom is 0.303 e. The molecule has 3 unspecified atom stereocenters. The predicted molar refractivity (Wildman–Crippen MR) is 70.8 cm³/mol. The highest BCUT2D eigenvalue weighted by molar-refractivity contribution is 5.66. The van der Waals surface area contributed by atoms with Crippen molar-refractivity contribution in [3.05, 3.63) is 12.2 Å². The lowest BCUT2D eigenvalue weighted by Gasteiger charge is -2.31. The van der Waals surface area contributed by atoms with Crippen molar-refractivity contribution >= 4 is 11.9 Å². The third kappa shape index (κ3) is 6.16. The Morgan fingerprint density at radius 2 is 1.90 bits per heavy atom. The highest BCUT2D eigenvalue weighted by atomic mass is 16.7. The lowest BCUT2D eigenvalue weighted by atomic mass is 10.1. The van der Waals surface area contributed by atoms with Crippen LogP contribution in [0.1, 0.15) is 27.7 Å². The minimum Gasteiger partial charge on any atom is -0.463 e. The summed E-state index contributed by atoms with van der Waals surface area (Å²) in [4.78, 5) is 21.9. The summed E-state index contributed by atoms with van der Waals surface area (Å²) in [5.41, 5.74) is 0. The van der Waals surface area contributed by atoms with Gasteiger partial charge in [-0.05, 0) is 18.1 Å². The van der Waals surface area contributed by atoms with E-state index in [0.717, 1.165) is 0 Å². The van der Waals surface area contributed by atoms with E-state index < -0.39 is 30.4 Å². The topological polar surface area (TPSA) is 71.1 Å². The minimum absolute atomic E-state index is 0.0131. The second-order valence-electron chi connectivity index (χ2n) is 5.03. The van der Waals surface area contributed by atoms with Gasteiger partial charge in [-0.2, -0.15) is 0 Å². The van der Waals surface area contributed by atoms with Gasteiger partial charge >= 0.3 is 11.9 Å². The first kappa shape index (κ1) is 16.7. The first-order valence-electron chi connectivity index (χ1n) is 6.64. The quantitative estimate of drug-likeness (QED) is 0.543. The molecule has 6 heteroatoms. The van der Waals surface area contributed by atoms with Crippen molar-refractivity contribution < 1.29 is 28.5 Å². The van der Waals surface area contributed by atoms with Gasteiger partial charge in [0.1, 0.15) is 18.8 Å². The smallest absolute Gasteiger partial charge is 0.303 e. The molecule has 0 aromatic carbocycles. The normalized spacial score (nSPS) is 25.6. The van der Waals surface area contributed by atoms with E-state index in [-0.39, 0.29) is 6.61 Å². The molecule has 0 aliphatic carbocycles. The molecule has 0 radical (unpaired) electrons. The summed E-state index contributed by atoms with van der Waals surface area (Å²) < 4.78 is 21.2. The van der Waals surface area contributed by atoms with Crippen molar-refractivity contribution in [3.63, 3.8) is 0 Å². The summed E-state index contributed by atoms with van der Waals surface area (Å²) in [6.45, 7) is 7.26. The van der Waals surface area contributed by atoms with Gasteiger partial charge in [-0.3, -0.25) is 9.59 Å². The Hall–Kier alpha value is -1.40. The number of carbonyl (C=O) groups excluding carboxylic acids is 2. The van der Waals surface area contributed by atoms with Gasteiger partial charge in [0.2, 0.25) is 0 Å². The molecule has 1 heterocycles. The fraction of sp³-hybridized carbons (Fsp3) is 0.714. The van der Waals surface area contributed by atoms with Gasteiger partial charge in [-0.1, -0.05) is 13.8 Å². The van der Waals surface area contributed by atoms with Crippen molar-refractivity contribution in [2.24, 2.45) is 5.92 Å². The Morgan fingerprint density at radius 1 is 1.20 bits per heavy atom. The molecule has 1 rings (SSSR count). The number of ether oxygens (including phenoxy) is 4. The van der Waals surface area contributed by atoms with Gasteiger partial charge in [-0.25, -0.2) is 0 Å². The van der Waals surface area contributed by atoms with E-state index in [2.05, 4.69) is 0 Å². The molecule has 1 aliphatic rings. The predicted octanol–water partition coefficient (Wildman–Crippen LogP) is 1.43. The van der Waals surface area contributed by atoms with Crippen LogP contribution in [0.5, 0.6) is 0 Å². The van der Waals surface area contributed by atoms with Crippen molar-refractivity contribution in [2.75, 3.05) is 13.2 Å². The Bertz CT molecular complexity index is 363. The Labute approximate surface area is 119 Å². The molecule has 6 nitrogen and oxygen atoms in total. The number of carbonyl (C=O) groups is 2. The zero-order valence-corrected chi connectivity index (χ0v) is 12.3. The molecule has 0 aromatic rings. The summed E-state index contributed by atoms with van der Waals surface area (Å²) in [5, 5.41) is 0. The SMILES string of the molecule is CC(=O)OCC1OC(OCC(C)C)C=CC1OC(C)=O. The highest BCUT2D eigenvalue weighted by Gasteiger charge is 2.31. The summed E-state index contributed by atoms with van der Waals surface area (Å²) in [7, 11) is 0. The monoisotopic (exact) mass is 286 g/mol. The van der Waals surface area contributed by atoms with E-state index >= 15 is 0 Å². The van der Waals surface area contributed by atoms with E-state index in [9.17, 15) is 9.59 Å². The highest BCUT2D eigenvalue weighted by Crippen LogP contribution is 2.18. The number of esters is 2. The van der Waals surface area contributed by atoms with Gasteiger partial charge in [0.05, 0.1) is 6.61 Å². The van der Waals surface area contributed by atoms with Gasteiger partial charge in [0.25, 0.3) is 0 Å². The molecule has 0 fully saturated rings. The van der Waals surface area contributed by atoms with Gasteiger partial charge in [-0.15, -0.1) is 0 Å². The fourth-order valence-electron chi connectivity index (χ4n) is 1.64. The first-order chi connectivity index (χ1) is 9.38. The van der Waals surface area contributed by atoms with Crippen molar-refractivity contribution in [1.82, 2.24) is 0 Å². The summed E-state index contributed by atoms with van der Waals surface area (Å²) >= 11 is 0. The molecule has 0 spiro atoms. The Kier molecular flexibility index (Phi) is 6.67. The molecule has 0 saturated heterocycles. The van der Waals surface area contributed by atoms with Crippen LogP contribution in [0.2, 0.25) is 0 Å². The molecule has 0 saturated carbocycles. The number of hydrogen-bond acceptors (Lipinski definition) is 6. The van der Waals surface area contributed by atoms with E-state index in [4.69, 9.17) is 18.9 Å².